The summed E-state index contributed by atoms with van der Waals surface area (Å²) < 4.78 is 28.2. The zero-order chi connectivity index (χ0) is 21.6. The molecule has 0 saturated carbocycles. The van der Waals surface area contributed by atoms with Gasteiger partial charge in [-0.2, -0.15) is 4.31 Å². The van der Waals surface area contributed by atoms with Gasteiger partial charge in [-0.05, 0) is 38.0 Å². The predicted octanol–water partition coefficient (Wildman–Crippen LogP) is 3.60. The van der Waals surface area contributed by atoms with E-state index in [0.717, 1.165) is 41.3 Å². The number of carbonyl (C=O) groups excluding carboxylic acids is 1. The Kier molecular flexibility index (Phi) is 5.10. The highest BCUT2D eigenvalue weighted by atomic mass is 32.2. The minimum absolute atomic E-state index is 0.0775. The van der Waals surface area contributed by atoms with E-state index in [1.807, 2.05) is 24.0 Å². The highest BCUT2D eigenvalue weighted by Gasteiger charge is 2.40. The first-order valence-electron chi connectivity index (χ1n) is 10.9. The van der Waals surface area contributed by atoms with Crippen LogP contribution in [-0.2, 0) is 27.8 Å². The standard InChI is InChI=1S/C24H27N3O3S/c1-17-9-11-18(12-10-17)31(29,30)27-14-5-4-8-23(27)24(28)26-15-13-22-20(16-26)19-6-2-3-7-21(19)25-22/h2-3,6-7,9-12,23,25H,4-5,8,13-16H2,1H3. The molecule has 31 heavy (non-hydrogen) atoms. The van der Waals surface area contributed by atoms with Gasteiger partial charge in [0.1, 0.15) is 6.04 Å². The summed E-state index contributed by atoms with van der Waals surface area (Å²) >= 11 is 0. The molecule has 7 heteroatoms. The summed E-state index contributed by atoms with van der Waals surface area (Å²) in [6.07, 6.45) is 2.97. The number of nitrogens with zero attached hydrogens (tertiary/aromatic N) is 2. The zero-order valence-electron chi connectivity index (χ0n) is 17.7. The van der Waals surface area contributed by atoms with Crippen molar-refractivity contribution in [3.8, 4) is 0 Å². The number of hydrogen-bond donors (Lipinski definition) is 1. The first-order chi connectivity index (χ1) is 14.9. The molecule has 1 aromatic heterocycles. The number of aryl methyl sites for hydroxylation is 1. The van der Waals surface area contributed by atoms with Crippen molar-refractivity contribution in [1.82, 2.24) is 14.2 Å². The Morgan fingerprint density at radius 2 is 1.81 bits per heavy atom. The molecule has 1 amide bonds. The number of aromatic nitrogens is 1. The third kappa shape index (κ3) is 3.55. The second-order valence-electron chi connectivity index (χ2n) is 8.58. The van der Waals surface area contributed by atoms with Crippen molar-refractivity contribution < 1.29 is 13.2 Å². The third-order valence-electron chi connectivity index (χ3n) is 6.56. The minimum Gasteiger partial charge on any atom is -0.358 e. The number of carbonyl (C=O) groups is 1. The van der Waals surface area contributed by atoms with E-state index in [2.05, 4.69) is 17.1 Å². The van der Waals surface area contributed by atoms with Crippen LogP contribution in [0, 0.1) is 6.92 Å². The van der Waals surface area contributed by atoms with Crippen molar-refractivity contribution in [2.24, 2.45) is 0 Å². The number of fused-ring (bicyclic) bond motifs is 3. The lowest BCUT2D eigenvalue weighted by Crippen LogP contribution is -2.53. The molecule has 1 atom stereocenters. The molecular formula is C24H27N3O3S. The van der Waals surface area contributed by atoms with E-state index in [4.69, 9.17) is 0 Å². The minimum atomic E-state index is -3.72. The van der Waals surface area contributed by atoms with Gasteiger partial charge in [0.2, 0.25) is 15.9 Å². The number of rotatable bonds is 3. The third-order valence-corrected chi connectivity index (χ3v) is 8.48. The summed E-state index contributed by atoms with van der Waals surface area (Å²) in [6.45, 7) is 3.44. The van der Waals surface area contributed by atoms with Gasteiger partial charge in [-0.25, -0.2) is 8.42 Å². The lowest BCUT2D eigenvalue weighted by atomic mass is 10.0. The van der Waals surface area contributed by atoms with Crippen molar-refractivity contribution in [2.75, 3.05) is 13.1 Å². The van der Waals surface area contributed by atoms with Crippen molar-refractivity contribution in [2.45, 2.75) is 50.1 Å². The molecule has 1 fully saturated rings. The Morgan fingerprint density at radius 1 is 1.03 bits per heavy atom. The van der Waals surface area contributed by atoms with E-state index < -0.39 is 16.1 Å². The van der Waals surface area contributed by atoms with E-state index in [-0.39, 0.29) is 10.8 Å². The monoisotopic (exact) mass is 437 g/mol. The molecule has 2 aliphatic heterocycles. The fourth-order valence-electron chi connectivity index (χ4n) is 4.85. The van der Waals surface area contributed by atoms with Crippen molar-refractivity contribution in [1.29, 1.82) is 0 Å². The van der Waals surface area contributed by atoms with Gasteiger partial charge in [0.05, 0.1) is 4.90 Å². The van der Waals surface area contributed by atoms with Crippen LogP contribution in [0.3, 0.4) is 0 Å². The molecule has 2 aliphatic rings. The summed E-state index contributed by atoms with van der Waals surface area (Å²) in [5.41, 5.74) is 4.42. The van der Waals surface area contributed by atoms with Crippen LogP contribution >= 0.6 is 0 Å². The summed E-state index contributed by atoms with van der Waals surface area (Å²) in [7, 11) is -3.72. The van der Waals surface area contributed by atoms with Crippen LogP contribution in [0.15, 0.2) is 53.4 Å². The Balaban J connectivity index is 1.43. The largest absolute Gasteiger partial charge is 0.358 e. The fourth-order valence-corrected chi connectivity index (χ4v) is 6.50. The summed E-state index contributed by atoms with van der Waals surface area (Å²) in [6, 6.07) is 14.4. The lowest BCUT2D eigenvalue weighted by molar-refractivity contribution is -0.137. The summed E-state index contributed by atoms with van der Waals surface area (Å²) in [5.74, 6) is -0.0775. The van der Waals surface area contributed by atoms with Gasteiger partial charge in [0.25, 0.3) is 0 Å². The van der Waals surface area contributed by atoms with Gasteiger partial charge in [-0.3, -0.25) is 4.79 Å². The highest BCUT2D eigenvalue weighted by Crippen LogP contribution is 2.31. The zero-order valence-corrected chi connectivity index (χ0v) is 18.5. The molecule has 162 valence electrons. The highest BCUT2D eigenvalue weighted by molar-refractivity contribution is 7.89. The van der Waals surface area contributed by atoms with Crippen molar-refractivity contribution in [3.63, 3.8) is 0 Å². The Hall–Kier alpha value is -2.64. The number of nitrogens with one attached hydrogen (secondary N) is 1. The molecule has 0 radical (unpaired) electrons. The first-order valence-corrected chi connectivity index (χ1v) is 12.3. The van der Waals surface area contributed by atoms with Crippen LogP contribution < -0.4 is 0 Å². The number of hydrogen-bond acceptors (Lipinski definition) is 3. The smallest absolute Gasteiger partial charge is 0.243 e. The normalized spacial score (nSPS) is 20.0. The Morgan fingerprint density at radius 3 is 2.61 bits per heavy atom. The first kappa shape index (κ1) is 20.3. The molecule has 0 bridgehead atoms. The second kappa shape index (κ2) is 7.80. The van der Waals surface area contributed by atoms with Crippen molar-refractivity contribution in [3.05, 3.63) is 65.4 Å². The Bertz CT molecular complexity index is 1230. The number of H-pyrrole nitrogens is 1. The van der Waals surface area contributed by atoms with Crippen LogP contribution in [0.4, 0.5) is 0 Å². The van der Waals surface area contributed by atoms with Gasteiger partial charge >= 0.3 is 0 Å². The van der Waals surface area contributed by atoms with Crippen LogP contribution in [0.2, 0.25) is 0 Å². The predicted molar refractivity (Wildman–Crippen MR) is 120 cm³/mol. The quantitative estimate of drug-likeness (QED) is 0.680. The van der Waals surface area contributed by atoms with Crippen molar-refractivity contribution >= 4 is 26.8 Å². The van der Waals surface area contributed by atoms with Crippen LogP contribution in [0.25, 0.3) is 10.9 Å². The van der Waals surface area contributed by atoms with Gasteiger partial charge in [-0.1, -0.05) is 42.3 Å². The number of piperidine rings is 1. The molecule has 3 heterocycles. The average Bonchev–Trinajstić information content (AvgIpc) is 3.17. The number of sulfonamides is 1. The van der Waals surface area contributed by atoms with Gasteiger partial charge in [0.15, 0.2) is 0 Å². The molecule has 3 aromatic rings. The van der Waals surface area contributed by atoms with Crippen LogP contribution in [0.1, 0.15) is 36.1 Å². The molecular weight excluding hydrogens is 410 g/mol. The van der Waals surface area contributed by atoms with E-state index >= 15 is 0 Å². The molecule has 0 aliphatic carbocycles. The van der Waals surface area contributed by atoms with Crippen LogP contribution in [-0.4, -0.2) is 47.6 Å². The molecule has 5 rings (SSSR count). The SMILES string of the molecule is Cc1ccc(S(=O)(=O)N2CCCCC2C(=O)N2CCc3[nH]c4ccccc4c3C2)cc1. The summed E-state index contributed by atoms with van der Waals surface area (Å²) in [4.78, 5) is 19.1. The Labute approximate surface area is 182 Å². The molecule has 1 N–H and O–H groups in total. The molecule has 1 saturated heterocycles. The lowest BCUT2D eigenvalue weighted by Gasteiger charge is -2.38. The number of para-hydroxylation sites is 1. The molecule has 6 nitrogen and oxygen atoms in total. The van der Waals surface area contributed by atoms with Gasteiger partial charge in [-0.15, -0.1) is 0 Å². The topological polar surface area (TPSA) is 73.5 Å². The maximum atomic E-state index is 13.6. The molecule has 1 unspecified atom stereocenters. The summed E-state index contributed by atoms with van der Waals surface area (Å²) in [5, 5.41) is 1.14. The molecule has 0 spiro atoms. The van der Waals surface area contributed by atoms with Gasteiger partial charge < -0.3 is 9.88 Å². The maximum Gasteiger partial charge on any atom is 0.243 e. The average molecular weight is 438 g/mol. The molecule has 2 aromatic carbocycles. The number of aromatic amines is 1. The van der Waals surface area contributed by atoms with Crippen LogP contribution in [0.5, 0.6) is 0 Å². The van der Waals surface area contributed by atoms with E-state index in [0.29, 0.717) is 26.1 Å². The fraction of sp³-hybridized carbons (Fsp3) is 0.375. The van der Waals surface area contributed by atoms with Gasteiger partial charge in [0, 0.05) is 48.2 Å². The van der Waals surface area contributed by atoms with E-state index in [1.54, 1.807) is 24.3 Å². The van der Waals surface area contributed by atoms with E-state index in [1.165, 1.54) is 10.00 Å². The van der Waals surface area contributed by atoms with E-state index in [9.17, 15) is 13.2 Å². The number of amides is 1. The number of benzene rings is 2. The second-order valence-corrected chi connectivity index (χ2v) is 10.5. The maximum absolute atomic E-state index is 13.6.